The Morgan fingerprint density at radius 2 is 2.05 bits per heavy atom. The number of nitrogens with zero attached hydrogens (tertiary/aromatic N) is 3. The average molecular weight is 417 g/mol. The molecule has 1 aromatic carbocycles. The highest BCUT2D eigenvalue weighted by Crippen LogP contribution is 2.09. The minimum absolute atomic E-state index is 0. The van der Waals surface area contributed by atoms with Crippen LogP contribution in [0.2, 0.25) is 0 Å². The van der Waals surface area contributed by atoms with Crippen molar-refractivity contribution in [1.29, 1.82) is 0 Å². The summed E-state index contributed by atoms with van der Waals surface area (Å²) in [4.78, 5) is 4.23. The molecule has 0 bridgehead atoms. The van der Waals surface area contributed by atoms with E-state index in [1.54, 1.807) is 16.8 Å². The second-order valence-electron chi connectivity index (χ2n) is 4.71. The normalized spacial score (nSPS) is 11.1. The molecule has 1 aromatic heterocycles. The summed E-state index contributed by atoms with van der Waals surface area (Å²) in [6.45, 7) is 3.37. The maximum atomic E-state index is 12.9. The Morgan fingerprint density at radius 1 is 1.32 bits per heavy atom. The van der Waals surface area contributed by atoms with E-state index in [4.69, 9.17) is 5.73 Å². The summed E-state index contributed by atoms with van der Waals surface area (Å²) >= 11 is 0. The first kappa shape index (κ1) is 18.4. The summed E-state index contributed by atoms with van der Waals surface area (Å²) in [6, 6.07) is 8.03. The van der Waals surface area contributed by atoms with Crippen molar-refractivity contribution in [3.8, 4) is 5.69 Å². The molecule has 0 unspecified atom stereocenters. The quantitative estimate of drug-likeness (QED) is 0.329. The Kier molecular flexibility index (Phi) is 7.86. The predicted octanol–water partition coefficient (Wildman–Crippen LogP) is 2.83. The van der Waals surface area contributed by atoms with E-state index in [0.29, 0.717) is 12.5 Å². The lowest BCUT2D eigenvalue weighted by atomic mass is 10.3. The second-order valence-corrected chi connectivity index (χ2v) is 4.71. The van der Waals surface area contributed by atoms with Crippen LogP contribution in [0.1, 0.15) is 25.5 Å². The molecule has 0 spiro atoms. The highest BCUT2D eigenvalue weighted by atomic mass is 127. The van der Waals surface area contributed by atoms with Crippen LogP contribution in [0, 0.1) is 5.82 Å². The Hall–Kier alpha value is -1.64. The molecule has 0 atom stereocenters. The monoisotopic (exact) mass is 417 g/mol. The van der Waals surface area contributed by atoms with Gasteiger partial charge in [0.2, 0.25) is 0 Å². The average Bonchev–Trinajstić information content (AvgIpc) is 2.95. The zero-order chi connectivity index (χ0) is 15.1. The number of nitrogens with two attached hydrogens (primary N) is 1. The van der Waals surface area contributed by atoms with Crippen molar-refractivity contribution < 1.29 is 4.39 Å². The van der Waals surface area contributed by atoms with Gasteiger partial charge in [-0.3, -0.25) is 0 Å². The third-order valence-electron chi connectivity index (χ3n) is 2.98. The number of aromatic nitrogens is 2. The first-order chi connectivity index (χ1) is 10.2. The van der Waals surface area contributed by atoms with E-state index in [1.807, 2.05) is 12.3 Å². The van der Waals surface area contributed by atoms with Gasteiger partial charge in [-0.15, -0.1) is 24.0 Å². The maximum Gasteiger partial charge on any atom is 0.188 e. The zero-order valence-electron chi connectivity index (χ0n) is 12.5. The lowest BCUT2D eigenvalue weighted by Gasteiger charge is -2.03. The predicted molar refractivity (Wildman–Crippen MR) is 97.2 cm³/mol. The lowest BCUT2D eigenvalue weighted by Crippen LogP contribution is -2.32. The third-order valence-corrected chi connectivity index (χ3v) is 2.98. The molecule has 7 heteroatoms. The second kappa shape index (κ2) is 9.39. The fourth-order valence-corrected chi connectivity index (χ4v) is 1.80. The molecule has 0 saturated carbocycles. The molecule has 0 aliphatic rings. The van der Waals surface area contributed by atoms with Gasteiger partial charge in [-0.1, -0.05) is 13.3 Å². The number of rotatable bonds is 6. The highest BCUT2D eigenvalue weighted by molar-refractivity contribution is 14.0. The number of benzene rings is 1. The van der Waals surface area contributed by atoms with E-state index >= 15 is 0 Å². The van der Waals surface area contributed by atoms with Crippen LogP contribution in [0.25, 0.3) is 5.69 Å². The minimum atomic E-state index is -0.262. The molecule has 2 rings (SSSR count). The summed E-state index contributed by atoms with van der Waals surface area (Å²) in [7, 11) is 0. The number of nitrogens with one attached hydrogen (secondary N) is 1. The number of hydrogen-bond donors (Lipinski definition) is 2. The highest BCUT2D eigenvalue weighted by Gasteiger charge is 2.01. The van der Waals surface area contributed by atoms with Gasteiger partial charge in [0.25, 0.3) is 0 Å². The molecule has 5 nitrogen and oxygen atoms in total. The molecule has 0 aliphatic heterocycles. The van der Waals surface area contributed by atoms with Crippen molar-refractivity contribution in [1.82, 2.24) is 15.1 Å². The fourth-order valence-electron chi connectivity index (χ4n) is 1.80. The van der Waals surface area contributed by atoms with Gasteiger partial charge >= 0.3 is 0 Å². The molecule has 22 heavy (non-hydrogen) atoms. The molecular weight excluding hydrogens is 396 g/mol. The third kappa shape index (κ3) is 5.63. The lowest BCUT2D eigenvalue weighted by molar-refractivity contribution is 0.627. The van der Waals surface area contributed by atoms with E-state index in [0.717, 1.165) is 30.8 Å². The number of aliphatic imine (C=N–C) groups is 1. The molecule has 0 aliphatic carbocycles. The number of unbranched alkanes of at least 4 members (excludes halogenated alkanes) is 1. The van der Waals surface area contributed by atoms with Crippen LogP contribution >= 0.6 is 24.0 Å². The Labute approximate surface area is 146 Å². The van der Waals surface area contributed by atoms with Crippen LogP contribution in [0.15, 0.2) is 41.5 Å². The van der Waals surface area contributed by atoms with Gasteiger partial charge in [-0.25, -0.2) is 14.1 Å². The van der Waals surface area contributed by atoms with Gasteiger partial charge in [0.05, 0.1) is 17.9 Å². The summed E-state index contributed by atoms with van der Waals surface area (Å²) in [5.41, 5.74) is 7.37. The zero-order valence-corrected chi connectivity index (χ0v) is 14.8. The van der Waals surface area contributed by atoms with Gasteiger partial charge in [-0.2, -0.15) is 5.10 Å². The Bertz CT molecular complexity index is 594. The van der Waals surface area contributed by atoms with Crippen molar-refractivity contribution in [2.45, 2.75) is 26.3 Å². The van der Waals surface area contributed by atoms with Crippen molar-refractivity contribution in [3.63, 3.8) is 0 Å². The van der Waals surface area contributed by atoms with Crippen LogP contribution in [-0.2, 0) is 6.54 Å². The smallest absolute Gasteiger partial charge is 0.188 e. The van der Waals surface area contributed by atoms with Crippen LogP contribution in [-0.4, -0.2) is 22.3 Å². The van der Waals surface area contributed by atoms with Gasteiger partial charge in [0.15, 0.2) is 5.96 Å². The van der Waals surface area contributed by atoms with Crippen LogP contribution in [0.5, 0.6) is 0 Å². The van der Waals surface area contributed by atoms with Gasteiger partial charge in [0.1, 0.15) is 5.82 Å². The number of guanidine groups is 1. The first-order valence-corrected chi connectivity index (χ1v) is 7.03. The Morgan fingerprint density at radius 3 is 2.73 bits per heavy atom. The standard InChI is InChI=1S/C15H20FN5.HI/c1-2-3-9-18-15(17)19-11-13-8-10-21(20-13)14-6-4-12(16)5-7-14;/h4-8,10H,2-3,9,11H2,1H3,(H3,17,18,19);1H. The fraction of sp³-hybridized carbons (Fsp3) is 0.333. The van der Waals surface area contributed by atoms with Gasteiger partial charge in [-0.05, 0) is 36.8 Å². The van der Waals surface area contributed by atoms with E-state index in [1.165, 1.54) is 12.1 Å². The van der Waals surface area contributed by atoms with Crippen LogP contribution in [0.4, 0.5) is 4.39 Å². The largest absolute Gasteiger partial charge is 0.370 e. The van der Waals surface area contributed by atoms with Crippen molar-refractivity contribution in [2.75, 3.05) is 6.54 Å². The Balaban J connectivity index is 0.00000242. The molecule has 3 N–H and O–H groups in total. The van der Waals surface area contributed by atoms with E-state index < -0.39 is 0 Å². The first-order valence-electron chi connectivity index (χ1n) is 7.03. The molecule has 0 amide bonds. The molecule has 120 valence electrons. The summed E-state index contributed by atoms with van der Waals surface area (Å²) in [6.07, 6.45) is 4.00. The molecule has 1 heterocycles. The van der Waals surface area contributed by atoms with E-state index in [9.17, 15) is 4.39 Å². The topological polar surface area (TPSA) is 68.2 Å². The van der Waals surface area contributed by atoms with E-state index in [-0.39, 0.29) is 29.8 Å². The number of hydrogen-bond acceptors (Lipinski definition) is 2. The summed E-state index contributed by atoms with van der Waals surface area (Å²) < 4.78 is 14.6. The van der Waals surface area contributed by atoms with Crippen LogP contribution in [0.3, 0.4) is 0 Å². The molecule has 0 fully saturated rings. The molecular formula is C15H21FIN5. The molecule has 2 aromatic rings. The van der Waals surface area contributed by atoms with Gasteiger partial charge < -0.3 is 11.1 Å². The van der Waals surface area contributed by atoms with Crippen molar-refractivity contribution in [3.05, 3.63) is 48.0 Å². The number of halogens is 2. The van der Waals surface area contributed by atoms with E-state index in [2.05, 4.69) is 22.3 Å². The van der Waals surface area contributed by atoms with Crippen molar-refractivity contribution >= 4 is 29.9 Å². The SMILES string of the molecule is CCCCNC(N)=NCc1ccn(-c2ccc(F)cc2)n1.I. The van der Waals surface area contributed by atoms with Crippen molar-refractivity contribution in [2.24, 2.45) is 10.7 Å². The van der Waals surface area contributed by atoms with Crippen LogP contribution < -0.4 is 11.1 Å². The maximum absolute atomic E-state index is 12.9. The molecule has 0 radical (unpaired) electrons. The minimum Gasteiger partial charge on any atom is -0.370 e. The van der Waals surface area contributed by atoms with Gasteiger partial charge in [0, 0.05) is 12.7 Å². The summed E-state index contributed by atoms with van der Waals surface area (Å²) in [5.74, 6) is 0.168. The summed E-state index contributed by atoms with van der Waals surface area (Å²) in [5, 5.41) is 7.43. The molecule has 0 saturated heterocycles.